The van der Waals surface area contributed by atoms with E-state index in [-0.39, 0.29) is 29.9 Å². The third kappa shape index (κ3) is 10.1. The van der Waals surface area contributed by atoms with Crippen LogP contribution in [0.25, 0.3) is 0 Å². The largest absolute Gasteiger partial charge is 0.581 e. The maximum atomic E-state index is 9.43. The monoisotopic (exact) mass is 165 g/mol. The Balaban J connectivity index is 0. The van der Waals surface area contributed by atoms with E-state index < -0.39 is 14.5 Å². The molecule has 2 atom stereocenters. The minimum Gasteiger partial charge on any atom is -0.581 e. The smallest absolute Gasteiger partial charge is 0.438 e. The fraction of sp³-hybridized carbons (Fsp3) is 0. The maximum Gasteiger partial charge on any atom is 0.438 e. The number of hydrogen-bond acceptors (Lipinski definition) is 5. The predicted octanol–water partition coefficient (Wildman–Crippen LogP) is -0.626. The van der Waals surface area contributed by atoms with Crippen LogP contribution in [-0.2, 0) is 9.13 Å². The van der Waals surface area contributed by atoms with Crippen molar-refractivity contribution in [1.82, 2.24) is 0 Å². The molecule has 0 aliphatic rings. The average molecular weight is 165 g/mol. The van der Waals surface area contributed by atoms with Crippen molar-refractivity contribution in [3.05, 3.63) is 0 Å². The molecule has 0 bridgehead atoms. The summed E-state index contributed by atoms with van der Waals surface area (Å²) in [4.78, 5) is 18.9. The van der Waals surface area contributed by atoms with Crippen LogP contribution >= 0.6 is 25.5 Å². The summed E-state index contributed by atoms with van der Waals surface area (Å²) in [5.41, 5.74) is 0. The summed E-state index contributed by atoms with van der Waals surface area (Å²) in [6.45, 7) is 0. The molecule has 0 aromatic heterocycles. The molecule has 1 radical (unpaired) electrons. The van der Waals surface area contributed by atoms with Crippen LogP contribution in [0.5, 0.6) is 0 Å². The van der Waals surface area contributed by atoms with Gasteiger partial charge in [0.1, 0.15) is 0 Å². The molecule has 2 unspecified atom stereocenters. The van der Waals surface area contributed by atoms with Crippen LogP contribution in [0.15, 0.2) is 0 Å². The molecule has 8 heavy (non-hydrogen) atoms. The predicted molar refractivity (Wildman–Crippen MR) is 28.6 cm³/mol. The molecule has 0 saturated carbocycles. The van der Waals surface area contributed by atoms with E-state index in [1.54, 1.807) is 0 Å². The Bertz CT molecular complexity index is 90.2. The Labute approximate surface area is 63.5 Å². The molecular weight excluding hydrogens is 165 g/mol. The van der Waals surface area contributed by atoms with Crippen LogP contribution in [-0.4, -0.2) is 18.9 Å². The first kappa shape index (κ1) is 11.8. The Hall–Kier alpha value is 1.07. The molecule has 0 heterocycles. The zero-order valence-electron chi connectivity index (χ0n) is 3.94. The third-order valence-electron chi connectivity index (χ3n) is 0.133. The van der Waals surface area contributed by atoms with Crippen molar-refractivity contribution < 1.29 is 18.9 Å². The van der Waals surface area contributed by atoms with Crippen molar-refractivity contribution in [2.75, 3.05) is 0 Å². The summed E-state index contributed by atoms with van der Waals surface area (Å²) >= 11 is -0.0833. The Morgan fingerprint density at radius 1 is 1.12 bits per heavy atom. The van der Waals surface area contributed by atoms with E-state index in [1.807, 2.05) is 0 Å². The van der Waals surface area contributed by atoms with Crippen LogP contribution in [0.2, 0.25) is 0 Å². The molecule has 0 amide bonds. The van der Waals surface area contributed by atoms with Crippen molar-refractivity contribution in [1.29, 1.82) is 0 Å². The molecule has 0 N–H and O–H groups in total. The van der Waals surface area contributed by atoms with E-state index in [0.29, 0.717) is 0 Å². The molecule has 41 valence electrons. The normalized spacial score (nSPS) is 11.8. The molecule has 4 nitrogen and oxygen atoms in total. The molecule has 0 spiro atoms. The summed E-state index contributed by atoms with van der Waals surface area (Å²) in [5, 5.41) is 0. The van der Waals surface area contributed by atoms with Gasteiger partial charge in [0, 0.05) is 18.9 Å². The van der Waals surface area contributed by atoms with Gasteiger partial charge in [-0.3, -0.25) is 0 Å². The first-order valence-electron chi connectivity index (χ1n) is 1.10. The van der Waals surface area contributed by atoms with Gasteiger partial charge >= 0.3 is 25.5 Å². The zero-order chi connectivity index (χ0) is 5.86. The number of rotatable bonds is 2. The molecule has 0 aromatic carbocycles. The van der Waals surface area contributed by atoms with Gasteiger partial charge < -0.3 is 9.79 Å². The Morgan fingerprint density at radius 3 is 1.38 bits per heavy atom. The van der Waals surface area contributed by atoms with Crippen molar-refractivity contribution >= 4 is 44.3 Å². The van der Waals surface area contributed by atoms with Gasteiger partial charge in [0.15, 0.2) is 0 Å². The minimum absolute atomic E-state index is 0. The maximum absolute atomic E-state index is 9.43. The molecule has 0 aliphatic carbocycles. The van der Waals surface area contributed by atoms with Gasteiger partial charge in [-0.25, -0.2) is 0 Å². The molecule has 8 heteroatoms. The van der Waals surface area contributed by atoms with Crippen molar-refractivity contribution in [3.63, 3.8) is 0 Å². The quantitative estimate of drug-likeness (QED) is 0.402. The van der Waals surface area contributed by atoms with Crippen LogP contribution in [0.4, 0.5) is 0 Å². The van der Waals surface area contributed by atoms with Gasteiger partial charge in [-0.15, -0.1) is 0 Å². The standard InChI is InChI=1S/Li.O4P2S/c;1-5(2)7-6(3)4. The summed E-state index contributed by atoms with van der Waals surface area (Å²) < 4.78 is 18.9. The van der Waals surface area contributed by atoms with E-state index in [2.05, 4.69) is 0 Å². The second kappa shape index (κ2) is 6.19. The summed E-state index contributed by atoms with van der Waals surface area (Å²) in [5.74, 6) is 0. The van der Waals surface area contributed by atoms with Gasteiger partial charge in [0.25, 0.3) is 0 Å². The van der Waals surface area contributed by atoms with E-state index in [1.165, 1.54) is 0 Å². The van der Waals surface area contributed by atoms with Crippen LogP contribution in [0.1, 0.15) is 0 Å². The SMILES string of the molecule is O=[P+]([O-])S[P+](=O)[O-].[Li]. The van der Waals surface area contributed by atoms with Crippen LogP contribution in [0.3, 0.4) is 0 Å². The van der Waals surface area contributed by atoms with E-state index >= 15 is 0 Å². The zero-order valence-corrected chi connectivity index (χ0v) is 6.54. The summed E-state index contributed by atoms with van der Waals surface area (Å²) in [7, 11) is -5.64. The molecule has 0 aliphatic heterocycles. The second-order valence-electron chi connectivity index (χ2n) is 0.529. The van der Waals surface area contributed by atoms with Crippen molar-refractivity contribution in [3.8, 4) is 0 Å². The van der Waals surface area contributed by atoms with Gasteiger partial charge in [0.05, 0.1) is 0 Å². The van der Waals surface area contributed by atoms with E-state index in [9.17, 15) is 18.9 Å². The van der Waals surface area contributed by atoms with Gasteiger partial charge in [-0.05, 0) is 0 Å². The Morgan fingerprint density at radius 2 is 1.38 bits per heavy atom. The molecule has 0 rings (SSSR count). The van der Waals surface area contributed by atoms with Crippen molar-refractivity contribution in [2.45, 2.75) is 0 Å². The first-order valence-corrected chi connectivity index (χ1v) is 5.48. The summed E-state index contributed by atoms with van der Waals surface area (Å²) in [6, 6.07) is 0. The van der Waals surface area contributed by atoms with Gasteiger partial charge in [0.2, 0.25) is 0 Å². The molecule has 0 aromatic rings. The third-order valence-corrected chi connectivity index (χ3v) is 3.60. The average Bonchev–Trinajstić information content (AvgIpc) is 1.27. The van der Waals surface area contributed by atoms with Crippen LogP contribution in [0, 0.1) is 0 Å². The topological polar surface area (TPSA) is 80.3 Å². The summed E-state index contributed by atoms with van der Waals surface area (Å²) in [6.07, 6.45) is 0. The van der Waals surface area contributed by atoms with Gasteiger partial charge in [-0.2, -0.15) is 0 Å². The molecular formula is LiO4P2S. The minimum atomic E-state index is -2.82. The number of hydrogen-bond donors (Lipinski definition) is 0. The van der Waals surface area contributed by atoms with E-state index in [0.717, 1.165) is 0 Å². The van der Waals surface area contributed by atoms with E-state index in [4.69, 9.17) is 0 Å². The molecule has 0 saturated heterocycles. The van der Waals surface area contributed by atoms with Crippen molar-refractivity contribution in [2.24, 2.45) is 0 Å². The fourth-order valence-electron chi connectivity index (χ4n) is 0.0544. The molecule has 0 fully saturated rings. The first-order chi connectivity index (χ1) is 3.13. The fourth-order valence-corrected chi connectivity index (χ4v) is 1.47. The second-order valence-corrected chi connectivity index (χ2v) is 5.34. The van der Waals surface area contributed by atoms with Gasteiger partial charge in [-0.1, -0.05) is 9.13 Å². The Kier molecular flexibility index (Phi) is 9.14. The van der Waals surface area contributed by atoms with Crippen LogP contribution < -0.4 is 9.79 Å².